The molecule has 0 radical (unpaired) electrons. The van der Waals surface area contributed by atoms with Gasteiger partial charge in [0.15, 0.2) is 0 Å². The van der Waals surface area contributed by atoms with Crippen LogP contribution >= 0.6 is 0 Å². The van der Waals surface area contributed by atoms with Crippen LogP contribution in [0.1, 0.15) is 24.2 Å². The molecule has 0 aliphatic heterocycles. The quantitative estimate of drug-likeness (QED) is 0.905. The summed E-state index contributed by atoms with van der Waals surface area (Å²) >= 11 is 0. The molecule has 106 valence electrons. The summed E-state index contributed by atoms with van der Waals surface area (Å²) in [6.45, 7) is 3.99. The van der Waals surface area contributed by atoms with Crippen molar-refractivity contribution in [1.82, 2.24) is 0 Å². The van der Waals surface area contributed by atoms with Gasteiger partial charge in [-0.05, 0) is 43.7 Å². The Balaban J connectivity index is 2.24. The van der Waals surface area contributed by atoms with Crippen LogP contribution in [0.5, 0.6) is 11.5 Å². The van der Waals surface area contributed by atoms with Crippen molar-refractivity contribution in [2.24, 2.45) is 5.73 Å². The molecule has 0 fully saturated rings. The van der Waals surface area contributed by atoms with Crippen LogP contribution in [0.15, 0.2) is 48.5 Å². The predicted octanol–water partition coefficient (Wildman–Crippen LogP) is 3.47. The van der Waals surface area contributed by atoms with Gasteiger partial charge in [-0.2, -0.15) is 0 Å². The lowest BCUT2D eigenvalue weighted by molar-refractivity contribution is 0.180. The van der Waals surface area contributed by atoms with Crippen molar-refractivity contribution >= 4 is 0 Å². The summed E-state index contributed by atoms with van der Waals surface area (Å²) < 4.78 is 11.3. The van der Waals surface area contributed by atoms with E-state index in [-0.39, 0.29) is 12.1 Å². The molecular weight excluding hydrogens is 250 g/mol. The third kappa shape index (κ3) is 3.52. The molecule has 0 aliphatic rings. The Morgan fingerprint density at radius 2 is 1.70 bits per heavy atom. The minimum atomic E-state index is -0.201. The molecule has 0 heterocycles. The van der Waals surface area contributed by atoms with Crippen molar-refractivity contribution < 1.29 is 9.47 Å². The summed E-state index contributed by atoms with van der Waals surface area (Å²) in [5.41, 5.74) is 8.29. The van der Waals surface area contributed by atoms with E-state index in [0.29, 0.717) is 0 Å². The molecule has 2 rings (SSSR count). The van der Waals surface area contributed by atoms with E-state index < -0.39 is 0 Å². The number of benzene rings is 2. The van der Waals surface area contributed by atoms with E-state index in [0.717, 1.165) is 17.1 Å². The van der Waals surface area contributed by atoms with E-state index in [1.54, 1.807) is 7.11 Å². The highest BCUT2D eigenvalue weighted by atomic mass is 16.5. The third-order valence-electron chi connectivity index (χ3n) is 3.18. The zero-order chi connectivity index (χ0) is 14.5. The molecule has 2 atom stereocenters. The fourth-order valence-corrected chi connectivity index (χ4v) is 2.06. The van der Waals surface area contributed by atoms with Gasteiger partial charge in [0.2, 0.25) is 0 Å². The van der Waals surface area contributed by atoms with Gasteiger partial charge in [-0.15, -0.1) is 0 Å². The molecule has 2 aromatic rings. The number of rotatable bonds is 5. The second-order valence-electron chi connectivity index (χ2n) is 4.99. The van der Waals surface area contributed by atoms with Crippen LogP contribution in [0, 0.1) is 6.92 Å². The molecule has 2 unspecified atom stereocenters. The minimum Gasteiger partial charge on any atom is -0.497 e. The van der Waals surface area contributed by atoms with Crippen molar-refractivity contribution in [3.63, 3.8) is 0 Å². The van der Waals surface area contributed by atoms with Crippen LogP contribution in [-0.2, 0) is 0 Å². The van der Waals surface area contributed by atoms with Crippen LogP contribution < -0.4 is 15.2 Å². The Morgan fingerprint density at radius 3 is 2.30 bits per heavy atom. The van der Waals surface area contributed by atoms with Gasteiger partial charge in [0.05, 0.1) is 7.11 Å². The zero-order valence-corrected chi connectivity index (χ0v) is 12.2. The first-order valence-electron chi connectivity index (χ1n) is 6.73. The maximum atomic E-state index is 6.07. The monoisotopic (exact) mass is 271 g/mol. The molecule has 0 saturated carbocycles. The molecule has 0 spiro atoms. The van der Waals surface area contributed by atoms with Crippen molar-refractivity contribution in [3.8, 4) is 11.5 Å². The summed E-state index contributed by atoms with van der Waals surface area (Å²) in [7, 11) is 1.65. The van der Waals surface area contributed by atoms with E-state index in [1.165, 1.54) is 5.56 Å². The van der Waals surface area contributed by atoms with Crippen molar-refractivity contribution in [1.29, 1.82) is 0 Å². The number of methoxy groups -OCH3 is 1. The SMILES string of the molecule is COc1cccc(C(Oc2ccc(C)cc2)C(C)N)c1. The van der Waals surface area contributed by atoms with Gasteiger partial charge in [-0.3, -0.25) is 0 Å². The van der Waals surface area contributed by atoms with E-state index in [1.807, 2.05) is 55.5 Å². The summed E-state index contributed by atoms with van der Waals surface area (Å²) in [6.07, 6.45) is -0.201. The summed E-state index contributed by atoms with van der Waals surface area (Å²) in [6, 6.07) is 15.7. The van der Waals surface area contributed by atoms with Crippen molar-refractivity contribution in [3.05, 3.63) is 59.7 Å². The van der Waals surface area contributed by atoms with E-state index in [4.69, 9.17) is 15.2 Å². The standard InChI is InChI=1S/C17H21NO2/c1-12-7-9-15(10-8-12)20-17(13(2)18)14-5-4-6-16(11-14)19-3/h4-11,13,17H,18H2,1-3H3. The number of hydrogen-bond donors (Lipinski definition) is 1. The molecule has 2 N–H and O–H groups in total. The largest absolute Gasteiger partial charge is 0.497 e. The molecule has 0 saturated heterocycles. The molecule has 3 nitrogen and oxygen atoms in total. The lowest BCUT2D eigenvalue weighted by Gasteiger charge is -2.23. The molecule has 0 aliphatic carbocycles. The molecule has 0 aromatic heterocycles. The average Bonchev–Trinajstić information content (AvgIpc) is 2.46. The van der Waals surface area contributed by atoms with Gasteiger partial charge in [-0.25, -0.2) is 0 Å². The predicted molar refractivity (Wildman–Crippen MR) is 81.2 cm³/mol. The fraction of sp³-hybridized carbons (Fsp3) is 0.294. The van der Waals surface area contributed by atoms with Gasteiger partial charge in [-0.1, -0.05) is 29.8 Å². The van der Waals surface area contributed by atoms with Crippen LogP contribution in [0.4, 0.5) is 0 Å². The number of ether oxygens (including phenoxy) is 2. The Kier molecular flexibility index (Phi) is 4.64. The molecule has 3 heteroatoms. The van der Waals surface area contributed by atoms with Crippen molar-refractivity contribution in [2.45, 2.75) is 26.0 Å². The third-order valence-corrected chi connectivity index (χ3v) is 3.18. The molecule has 0 amide bonds. The first-order valence-corrected chi connectivity index (χ1v) is 6.73. The van der Waals surface area contributed by atoms with E-state index in [2.05, 4.69) is 6.92 Å². The second-order valence-corrected chi connectivity index (χ2v) is 4.99. The Labute approximate surface area is 120 Å². The van der Waals surface area contributed by atoms with Crippen LogP contribution in [0.25, 0.3) is 0 Å². The van der Waals surface area contributed by atoms with Crippen molar-refractivity contribution in [2.75, 3.05) is 7.11 Å². The highest BCUT2D eigenvalue weighted by molar-refractivity contribution is 5.32. The van der Waals surface area contributed by atoms with Crippen LogP contribution in [0.3, 0.4) is 0 Å². The van der Waals surface area contributed by atoms with Gasteiger partial charge in [0.25, 0.3) is 0 Å². The maximum Gasteiger partial charge on any atom is 0.139 e. The highest BCUT2D eigenvalue weighted by Gasteiger charge is 2.18. The summed E-state index contributed by atoms with van der Waals surface area (Å²) in [4.78, 5) is 0. The molecule has 2 aromatic carbocycles. The maximum absolute atomic E-state index is 6.07. The Bertz CT molecular complexity index is 549. The molecule has 20 heavy (non-hydrogen) atoms. The minimum absolute atomic E-state index is 0.122. The van der Waals surface area contributed by atoms with E-state index in [9.17, 15) is 0 Å². The lowest BCUT2D eigenvalue weighted by Crippen LogP contribution is -2.29. The van der Waals surface area contributed by atoms with Crippen LogP contribution in [0.2, 0.25) is 0 Å². The number of hydrogen-bond acceptors (Lipinski definition) is 3. The fourth-order valence-electron chi connectivity index (χ4n) is 2.06. The second kappa shape index (κ2) is 6.44. The average molecular weight is 271 g/mol. The van der Waals surface area contributed by atoms with Gasteiger partial charge >= 0.3 is 0 Å². The normalized spacial score (nSPS) is 13.6. The lowest BCUT2D eigenvalue weighted by atomic mass is 10.0. The summed E-state index contributed by atoms with van der Waals surface area (Å²) in [5.74, 6) is 1.63. The number of aryl methyl sites for hydroxylation is 1. The zero-order valence-electron chi connectivity index (χ0n) is 12.2. The first kappa shape index (κ1) is 14.4. The molecular formula is C17H21NO2. The van der Waals surface area contributed by atoms with Gasteiger partial charge in [0, 0.05) is 6.04 Å². The first-order chi connectivity index (χ1) is 9.60. The molecule has 0 bridgehead atoms. The van der Waals surface area contributed by atoms with E-state index >= 15 is 0 Å². The summed E-state index contributed by atoms with van der Waals surface area (Å²) in [5, 5.41) is 0. The highest BCUT2D eigenvalue weighted by Crippen LogP contribution is 2.26. The Hall–Kier alpha value is -2.00. The topological polar surface area (TPSA) is 44.5 Å². The van der Waals surface area contributed by atoms with Crippen LogP contribution in [-0.4, -0.2) is 13.2 Å². The number of nitrogens with two attached hydrogens (primary N) is 1. The van der Waals surface area contributed by atoms with Gasteiger partial charge in [0.1, 0.15) is 17.6 Å². The van der Waals surface area contributed by atoms with Gasteiger partial charge < -0.3 is 15.2 Å². The smallest absolute Gasteiger partial charge is 0.139 e. The Morgan fingerprint density at radius 1 is 1.00 bits per heavy atom.